The second-order valence-electron chi connectivity index (χ2n) is 5.80. The van der Waals surface area contributed by atoms with Crippen molar-refractivity contribution >= 4 is 23.5 Å². The van der Waals surface area contributed by atoms with Gasteiger partial charge in [-0.15, -0.1) is 11.8 Å². The number of aromatic nitrogens is 1. The van der Waals surface area contributed by atoms with Crippen LogP contribution in [0, 0.1) is 20.8 Å². The number of aryl methyl sites for hydroxylation is 3. The number of hydrogen-bond acceptors (Lipinski definition) is 5. The van der Waals surface area contributed by atoms with Gasteiger partial charge < -0.3 is 14.6 Å². The molecule has 0 fully saturated rings. The molecular formula is C18H24N2O3S. The molecule has 1 heterocycles. The Bertz CT molecular complexity index is 685. The molecule has 0 spiro atoms. The van der Waals surface area contributed by atoms with E-state index in [1.165, 1.54) is 5.56 Å². The van der Waals surface area contributed by atoms with Gasteiger partial charge in [-0.05, 0) is 57.1 Å². The summed E-state index contributed by atoms with van der Waals surface area (Å²) < 4.78 is 10.8. The minimum Gasteiger partial charge on any atom is -0.493 e. The monoisotopic (exact) mass is 348 g/mol. The number of rotatable bonds is 8. The molecule has 2 aromatic rings. The first-order valence-corrected chi connectivity index (χ1v) is 9.06. The molecule has 1 aromatic heterocycles. The summed E-state index contributed by atoms with van der Waals surface area (Å²) in [4.78, 5) is 12.0. The maximum Gasteiger partial charge on any atom is 0.238 e. The number of carbonyl (C=O) groups is 1. The van der Waals surface area contributed by atoms with E-state index in [0.717, 1.165) is 23.5 Å². The fraction of sp³-hybridized carbons (Fsp3) is 0.444. The van der Waals surface area contributed by atoms with Crippen molar-refractivity contribution in [3.63, 3.8) is 0 Å². The molecule has 0 saturated heterocycles. The van der Waals surface area contributed by atoms with Crippen LogP contribution >= 0.6 is 11.8 Å². The largest absolute Gasteiger partial charge is 0.493 e. The Labute approximate surface area is 147 Å². The van der Waals surface area contributed by atoms with Crippen LogP contribution in [0.3, 0.4) is 0 Å². The van der Waals surface area contributed by atoms with Crippen LogP contribution in [-0.4, -0.2) is 28.7 Å². The van der Waals surface area contributed by atoms with Gasteiger partial charge in [0.05, 0.1) is 11.9 Å². The number of hydrogen-bond donors (Lipinski definition) is 1. The van der Waals surface area contributed by atoms with Gasteiger partial charge in [-0.1, -0.05) is 17.3 Å². The maximum absolute atomic E-state index is 12.0. The van der Waals surface area contributed by atoms with Crippen molar-refractivity contribution in [3.8, 4) is 5.75 Å². The third-order valence-electron chi connectivity index (χ3n) is 3.51. The van der Waals surface area contributed by atoms with Crippen LogP contribution in [-0.2, 0) is 4.79 Å². The van der Waals surface area contributed by atoms with Gasteiger partial charge in [-0.25, -0.2) is 0 Å². The molecule has 0 aliphatic carbocycles. The lowest BCUT2D eigenvalue weighted by atomic mass is 10.1. The molecule has 0 saturated carbocycles. The van der Waals surface area contributed by atoms with Gasteiger partial charge in [0, 0.05) is 6.07 Å². The summed E-state index contributed by atoms with van der Waals surface area (Å²) in [5, 5.41) is 6.36. The van der Waals surface area contributed by atoms with Gasteiger partial charge in [0.15, 0.2) is 5.82 Å². The van der Waals surface area contributed by atoms with Gasteiger partial charge in [0.2, 0.25) is 5.91 Å². The van der Waals surface area contributed by atoms with Crippen LogP contribution in [0.25, 0.3) is 0 Å². The van der Waals surface area contributed by atoms with Crippen LogP contribution in [0.4, 0.5) is 5.82 Å². The molecule has 5 nitrogen and oxygen atoms in total. The summed E-state index contributed by atoms with van der Waals surface area (Å²) >= 11 is 1.60. The molecule has 1 amide bonds. The fourth-order valence-electron chi connectivity index (χ4n) is 2.09. The summed E-state index contributed by atoms with van der Waals surface area (Å²) in [5.74, 6) is 2.87. The first-order chi connectivity index (χ1) is 11.5. The van der Waals surface area contributed by atoms with Crippen LogP contribution in [0.1, 0.15) is 30.2 Å². The van der Waals surface area contributed by atoms with Gasteiger partial charge in [-0.3, -0.25) is 4.79 Å². The van der Waals surface area contributed by atoms with Crippen molar-refractivity contribution in [3.05, 3.63) is 41.2 Å². The molecule has 0 bridgehead atoms. The second kappa shape index (κ2) is 8.78. The smallest absolute Gasteiger partial charge is 0.238 e. The number of nitrogens with one attached hydrogen (secondary N) is 1. The summed E-state index contributed by atoms with van der Waals surface area (Å²) in [6.45, 7) is 8.42. The number of thioether (sulfide) groups is 1. The number of anilines is 1. The Kier molecular flexibility index (Phi) is 6.73. The van der Waals surface area contributed by atoms with Crippen molar-refractivity contribution in [2.24, 2.45) is 0 Å². The first kappa shape index (κ1) is 18.4. The van der Waals surface area contributed by atoms with Gasteiger partial charge >= 0.3 is 0 Å². The van der Waals surface area contributed by atoms with Gasteiger partial charge in [-0.2, -0.15) is 0 Å². The number of benzene rings is 1. The number of ether oxygens (including phenoxy) is 1. The lowest BCUT2D eigenvalue weighted by molar-refractivity contribution is -0.115. The van der Waals surface area contributed by atoms with Crippen LogP contribution < -0.4 is 10.1 Å². The molecule has 2 rings (SSSR count). The quantitative estimate of drug-likeness (QED) is 0.727. The van der Waals surface area contributed by atoms with Crippen LogP contribution in [0.15, 0.2) is 28.8 Å². The van der Waals surface area contributed by atoms with E-state index in [1.807, 2.05) is 13.8 Å². The average Bonchev–Trinajstić information content (AvgIpc) is 2.95. The minimum absolute atomic E-state index is 0.0660. The molecule has 1 atom stereocenters. The third kappa shape index (κ3) is 5.60. The van der Waals surface area contributed by atoms with E-state index >= 15 is 0 Å². The molecule has 1 unspecified atom stereocenters. The highest BCUT2D eigenvalue weighted by Crippen LogP contribution is 2.20. The van der Waals surface area contributed by atoms with Gasteiger partial charge in [0.1, 0.15) is 11.5 Å². The molecule has 6 heteroatoms. The Morgan fingerprint density at radius 3 is 2.83 bits per heavy atom. The zero-order chi connectivity index (χ0) is 17.5. The Morgan fingerprint density at radius 2 is 2.12 bits per heavy atom. The Hall–Kier alpha value is -1.95. The third-order valence-corrected chi connectivity index (χ3v) is 4.74. The highest BCUT2D eigenvalue weighted by atomic mass is 32.2. The summed E-state index contributed by atoms with van der Waals surface area (Å²) in [7, 11) is 0. The predicted octanol–water partition coefficient (Wildman–Crippen LogP) is 4.13. The first-order valence-electron chi connectivity index (χ1n) is 8.01. The molecule has 130 valence electrons. The lowest BCUT2D eigenvalue weighted by Gasteiger charge is -2.12. The normalized spacial score (nSPS) is 12.0. The van der Waals surface area contributed by atoms with E-state index in [1.54, 1.807) is 24.8 Å². The summed E-state index contributed by atoms with van der Waals surface area (Å²) in [6, 6.07) is 7.90. The lowest BCUT2D eigenvalue weighted by Crippen LogP contribution is -2.23. The molecule has 0 aliphatic heterocycles. The summed E-state index contributed by atoms with van der Waals surface area (Å²) in [5.41, 5.74) is 2.34. The Balaban J connectivity index is 1.66. The fourth-order valence-corrected chi connectivity index (χ4v) is 2.94. The van der Waals surface area contributed by atoms with E-state index in [-0.39, 0.29) is 11.2 Å². The van der Waals surface area contributed by atoms with Crippen molar-refractivity contribution in [2.45, 2.75) is 39.4 Å². The van der Waals surface area contributed by atoms with Crippen LogP contribution in [0.2, 0.25) is 0 Å². The highest BCUT2D eigenvalue weighted by Gasteiger charge is 2.14. The minimum atomic E-state index is -0.150. The van der Waals surface area contributed by atoms with Crippen molar-refractivity contribution in [2.75, 3.05) is 17.7 Å². The molecule has 0 aliphatic rings. The zero-order valence-corrected chi connectivity index (χ0v) is 15.4. The SMILES string of the molecule is Cc1ccc(C)c(OCCCSC(C)C(=O)Nc2cc(C)on2)c1. The van der Waals surface area contributed by atoms with E-state index in [9.17, 15) is 4.79 Å². The van der Waals surface area contributed by atoms with E-state index in [2.05, 4.69) is 35.6 Å². The second-order valence-corrected chi connectivity index (χ2v) is 7.24. The van der Waals surface area contributed by atoms with E-state index in [0.29, 0.717) is 18.2 Å². The zero-order valence-electron chi connectivity index (χ0n) is 14.6. The molecule has 0 radical (unpaired) electrons. The number of amides is 1. The molecule has 1 N–H and O–H groups in total. The van der Waals surface area contributed by atoms with Crippen molar-refractivity contribution < 1.29 is 14.1 Å². The van der Waals surface area contributed by atoms with E-state index in [4.69, 9.17) is 9.26 Å². The van der Waals surface area contributed by atoms with Crippen molar-refractivity contribution in [1.82, 2.24) is 5.16 Å². The number of nitrogens with zero attached hydrogens (tertiary/aromatic N) is 1. The maximum atomic E-state index is 12.0. The Morgan fingerprint density at radius 1 is 1.33 bits per heavy atom. The van der Waals surface area contributed by atoms with E-state index < -0.39 is 0 Å². The molecular weight excluding hydrogens is 324 g/mol. The average molecular weight is 348 g/mol. The van der Waals surface area contributed by atoms with Crippen molar-refractivity contribution in [1.29, 1.82) is 0 Å². The molecule has 24 heavy (non-hydrogen) atoms. The highest BCUT2D eigenvalue weighted by molar-refractivity contribution is 8.00. The van der Waals surface area contributed by atoms with Gasteiger partial charge in [0.25, 0.3) is 0 Å². The number of carbonyl (C=O) groups excluding carboxylic acids is 1. The van der Waals surface area contributed by atoms with Crippen LogP contribution in [0.5, 0.6) is 5.75 Å². The topological polar surface area (TPSA) is 64.4 Å². The standard InChI is InChI=1S/C18H24N2O3S/c1-12-6-7-13(2)16(10-12)22-8-5-9-24-15(4)18(21)19-17-11-14(3)23-20-17/h6-7,10-11,15H,5,8-9H2,1-4H3,(H,19,20,21). The molecule has 1 aromatic carbocycles. The predicted molar refractivity (Wildman–Crippen MR) is 97.8 cm³/mol. The summed E-state index contributed by atoms with van der Waals surface area (Å²) in [6.07, 6.45) is 0.888.